The van der Waals surface area contributed by atoms with Gasteiger partial charge in [-0.15, -0.1) is 11.3 Å². The second-order valence-corrected chi connectivity index (χ2v) is 10.3. The minimum atomic E-state index is -3.23. The summed E-state index contributed by atoms with van der Waals surface area (Å²) in [5.41, 5.74) is 1.47. The zero-order valence-corrected chi connectivity index (χ0v) is 20.4. The number of rotatable bonds is 8. The van der Waals surface area contributed by atoms with E-state index in [1.807, 2.05) is 0 Å². The van der Waals surface area contributed by atoms with Crippen molar-refractivity contribution in [2.75, 3.05) is 39.0 Å². The van der Waals surface area contributed by atoms with Crippen LogP contribution in [0.2, 0.25) is 0 Å². The highest BCUT2D eigenvalue weighted by Gasteiger charge is 2.31. The number of nitrogens with one attached hydrogen (secondary N) is 1. The third kappa shape index (κ3) is 5.48. The highest BCUT2D eigenvalue weighted by molar-refractivity contribution is 7.90. The number of amides is 1. The lowest BCUT2D eigenvalue weighted by Crippen LogP contribution is -2.20. The zero-order valence-electron chi connectivity index (χ0n) is 18.7. The fourth-order valence-corrected chi connectivity index (χ4v) is 6.49. The summed E-state index contributed by atoms with van der Waals surface area (Å²) < 4.78 is 45.1. The number of ether oxygens (including phenoxy) is 4. The number of carbonyl (C=O) groups excluding carboxylic acids is 2. The van der Waals surface area contributed by atoms with Crippen molar-refractivity contribution in [3.63, 3.8) is 0 Å². The predicted octanol–water partition coefficient (Wildman–Crippen LogP) is 3.07. The average molecular weight is 496 g/mol. The molecule has 0 bridgehead atoms. The monoisotopic (exact) mass is 495 g/mol. The van der Waals surface area contributed by atoms with Crippen molar-refractivity contribution in [1.29, 1.82) is 0 Å². The number of sulfone groups is 1. The summed E-state index contributed by atoms with van der Waals surface area (Å²) in [5, 5.41) is 2.97. The van der Waals surface area contributed by atoms with Crippen molar-refractivity contribution >= 4 is 44.1 Å². The van der Waals surface area contributed by atoms with Crippen LogP contribution in [-0.2, 0) is 31.5 Å². The summed E-state index contributed by atoms with van der Waals surface area (Å²) in [6.07, 6.45) is 3.06. The number of fused-ring (bicyclic) bond motifs is 1. The molecule has 0 radical (unpaired) electrons. The van der Waals surface area contributed by atoms with Crippen LogP contribution >= 0.6 is 11.3 Å². The first kappa shape index (κ1) is 24.6. The van der Waals surface area contributed by atoms with Gasteiger partial charge in [-0.05, 0) is 42.7 Å². The summed E-state index contributed by atoms with van der Waals surface area (Å²) in [5.74, 6) is 0.0322. The molecule has 0 aliphatic carbocycles. The molecule has 0 atom stereocenters. The van der Waals surface area contributed by atoms with Gasteiger partial charge in [-0.1, -0.05) is 0 Å². The molecule has 0 spiro atoms. The molecule has 1 amide bonds. The second-order valence-electron chi connectivity index (χ2n) is 7.05. The van der Waals surface area contributed by atoms with Crippen molar-refractivity contribution in [2.24, 2.45) is 0 Å². The fourth-order valence-electron chi connectivity index (χ4n) is 3.45. The van der Waals surface area contributed by atoms with E-state index in [0.29, 0.717) is 33.3 Å². The first-order chi connectivity index (χ1) is 15.7. The molecule has 3 rings (SSSR count). The Morgan fingerprint density at radius 2 is 1.79 bits per heavy atom. The van der Waals surface area contributed by atoms with E-state index < -0.39 is 21.7 Å². The highest BCUT2D eigenvalue weighted by Crippen LogP contribution is 2.39. The van der Waals surface area contributed by atoms with Crippen LogP contribution in [0.4, 0.5) is 5.00 Å². The molecule has 33 heavy (non-hydrogen) atoms. The molecule has 0 unspecified atom stereocenters. The van der Waals surface area contributed by atoms with Crippen LogP contribution in [0.5, 0.6) is 17.2 Å². The minimum absolute atomic E-state index is 0.0441. The summed E-state index contributed by atoms with van der Waals surface area (Å²) in [6.45, 7) is 1.84. The fraction of sp³-hybridized carbons (Fsp3) is 0.364. The Morgan fingerprint density at radius 3 is 2.36 bits per heavy atom. The van der Waals surface area contributed by atoms with E-state index in [0.717, 1.165) is 11.3 Å². The molecule has 11 heteroatoms. The lowest BCUT2D eigenvalue weighted by Gasteiger charge is -2.13. The van der Waals surface area contributed by atoms with Crippen LogP contribution in [0, 0.1) is 0 Å². The molecule has 0 saturated heterocycles. The van der Waals surface area contributed by atoms with Gasteiger partial charge < -0.3 is 24.3 Å². The molecule has 9 nitrogen and oxygen atoms in total. The van der Waals surface area contributed by atoms with Crippen molar-refractivity contribution < 1.29 is 37.0 Å². The molecule has 2 aromatic rings. The van der Waals surface area contributed by atoms with Gasteiger partial charge in [-0.25, -0.2) is 13.2 Å². The van der Waals surface area contributed by atoms with Gasteiger partial charge in [0.25, 0.3) is 0 Å². The van der Waals surface area contributed by atoms with Gasteiger partial charge in [0.1, 0.15) is 5.00 Å². The molecular weight excluding hydrogens is 470 g/mol. The number of carbonyl (C=O) groups is 2. The van der Waals surface area contributed by atoms with Gasteiger partial charge in [-0.3, -0.25) is 4.79 Å². The van der Waals surface area contributed by atoms with E-state index in [-0.39, 0.29) is 35.1 Å². The standard InChI is InChI=1S/C22H25NO8S2/c1-5-31-22(25)19-14-8-9-33(26,27)12-17(14)32-21(19)23-18(24)7-6-13-10-15(28-2)20(30-4)16(11-13)29-3/h6-7,10-11H,5,8-9,12H2,1-4H3,(H,23,24)/b7-6+. The molecule has 1 aliphatic heterocycles. The molecule has 1 aromatic heterocycles. The van der Waals surface area contributed by atoms with Crippen LogP contribution in [-0.4, -0.2) is 54.0 Å². The first-order valence-corrected chi connectivity index (χ1v) is 12.7. The molecule has 0 fully saturated rings. The maximum Gasteiger partial charge on any atom is 0.341 e. The van der Waals surface area contributed by atoms with Gasteiger partial charge >= 0.3 is 5.97 Å². The Kier molecular flexibility index (Phi) is 7.65. The Labute approximate surface area is 196 Å². The van der Waals surface area contributed by atoms with Gasteiger partial charge in [0.05, 0.1) is 45.0 Å². The number of hydrogen-bond donors (Lipinski definition) is 1. The van der Waals surface area contributed by atoms with Gasteiger partial charge in [0.15, 0.2) is 21.3 Å². The molecule has 1 N–H and O–H groups in total. The van der Waals surface area contributed by atoms with Gasteiger partial charge in [-0.2, -0.15) is 0 Å². The van der Waals surface area contributed by atoms with Gasteiger partial charge in [0, 0.05) is 11.0 Å². The molecule has 2 heterocycles. The highest BCUT2D eigenvalue weighted by atomic mass is 32.2. The van der Waals surface area contributed by atoms with E-state index in [1.165, 1.54) is 27.4 Å². The topological polar surface area (TPSA) is 117 Å². The summed E-state index contributed by atoms with van der Waals surface area (Å²) in [6, 6.07) is 3.37. The quantitative estimate of drug-likeness (QED) is 0.439. The van der Waals surface area contributed by atoms with Crippen molar-refractivity contribution in [1.82, 2.24) is 0 Å². The largest absolute Gasteiger partial charge is 0.493 e. The average Bonchev–Trinajstić information content (AvgIpc) is 3.12. The minimum Gasteiger partial charge on any atom is -0.493 e. The van der Waals surface area contributed by atoms with Crippen molar-refractivity contribution in [3.8, 4) is 17.2 Å². The molecule has 0 saturated carbocycles. The Bertz CT molecular complexity index is 1170. The third-order valence-electron chi connectivity index (χ3n) is 4.94. The maximum absolute atomic E-state index is 12.6. The van der Waals surface area contributed by atoms with E-state index in [1.54, 1.807) is 25.1 Å². The lowest BCUT2D eigenvalue weighted by atomic mass is 10.1. The van der Waals surface area contributed by atoms with E-state index in [4.69, 9.17) is 18.9 Å². The Balaban J connectivity index is 1.88. The van der Waals surface area contributed by atoms with Crippen LogP contribution in [0.15, 0.2) is 18.2 Å². The van der Waals surface area contributed by atoms with Crippen molar-refractivity contribution in [3.05, 3.63) is 39.8 Å². The molecule has 178 valence electrons. The van der Waals surface area contributed by atoms with Crippen LogP contribution in [0.1, 0.15) is 33.3 Å². The van der Waals surface area contributed by atoms with Gasteiger partial charge in [0.2, 0.25) is 11.7 Å². The van der Waals surface area contributed by atoms with Crippen LogP contribution in [0.3, 0.4) is 0 Å². The number of methoxy groups -OCH3 is 3. The summed E-state index contributed by atoms with van der Waals surface area (Å²) in [4.78, 5) is 25.7. The maximum atomic E-state index is 12.6. The van der Waals surface area contributed by atoms with E-state index in [9.17, 15) is 18.0 Å². The SMILES string of the molecule is CCOC(=O)c1c(NC(=O)/C=C/c2cc(OC)c(OC)c(OC)c2)sc2c1CCS(=O)(=O)C2. The van der Waals surface area contributed by atoms with Crippen molar-refractivity contribution in [2.45, 2.75) is 19.1 Å². The summed E-state index contributed by atoms with van der Waals surface area (Å²) in [7, 11) is 1.25. The molecular formula is C22H25NO8S2. The molecule has 1 aromatic carbocycles. The normalized spacial score (nSPS) is 14.4. The summed E-state index contributed by atoms with van der Waals surface area (Å²) >= 11 is 1.08. The lowest BCUT2D eigenvalue weighted by molar-refractivity contribution is -0.111. The van der Waals surface area contributed by atoms with Crippen LogP contribution < -0.4 is 19.5 Å². The third-order valence-corrected chi connectivity index (χ3v) is 7.82. The number of hydrogen-bond acceptors (Lipinski definition) is 9. The Morgan fingerprint density at radius 1 is 1.12 bits per heavy atom. The number of thiophene rings is 1. The molecule has 1 aliphatic rings. The van der Waals surface area contributed by atoms with Crippen LogP contribution in [0.25, 0.3) is 6.08 Å². The second kappa shape index (κ2) is 10.3. The zero-order chi connectivity index (χ0) is 24.2. The van der Waals surface area contributed by atoms with E-state index in [2.05, 4.69) is 5.32 Å². The predicted molar refractivity (Wildman–Crippen MR) is 125 cm³/mol. The van der Waals surface area contributed by atoms with E-state index >= 15 is 0 Å². The smallest absolute Gasteiger partial charge is 0.341 e. The number of anilines is 1. The first-order valence-electron chi connectivity index (χ1n) is 10.0. The number of benzene rings is 1. The Hall–Kier alpha value is -3.05. The number of esters is 1.